The monoisotopic (exact) mass is 290 g/mol. The van der Waals surface area contributed by atoms with Gasteiger partial charge in [0, 0.05) is 73.5 Å². The Balaban J connectivity index is 0. The molecule has 0 aromatic rings. The fraction of sp³-hybridized carbons (Fsp3) is 0. The first-order valence-corrected chi connectivity index (χ1v) is 0. The van der Waals surface area contributed by atoms with Gasteiger partial charge in [0.15, 0.2) is 0 Å². The van der Waals surface area contributed by atoms with Crippen LogP contribution in [0.1, 0.15) is 0 Å². The van der Waals surface area contributed by atoms with E-state index < -0.39 is 0 Å². The van der Waals surface area contributed by atoms with E-state index in [1.165, 1.54) is 0 Å². The van der Waals surface area contributed by atoms with Crippen LogP contribution in [0.15, 0.2) is 0 Å². The smallest absolute Gasteiger partial charge is 0 e. The average Bonchev–Trinajstić information content (AvgIpc) is 0. The van der Waals surface area contributed by atoms with Crippen LogP contribution in [0.5, 0.6) is 0 Å². The SMILES string of the molecule is [Cu].[In].[S].[Se]. The van der Waals surface area contributed by atoms with Gasteiger partial charge in [-0.1, -0.05) is 0 Å². The van der Waals surface area contributed by atoms with Crippen LogP contribution in [0.2, 0.25) is 0 Å². The van der Waals surface area contributed by atoms with Crippen molar-refractivity contribution in [2.45, 2.75) is 0 Å². The van der Waals surface area contributed by atoms with Crippen LogP contribution < -0.4 is 0 Å². The van der Waals surface area contributed by atoms with Crippen molar-refractivity contribution < 1.29 is 17.1 Å². The van der Waals surface area contributed by atoms with Crippen molar-refractivity contribution in [1.82, 2.24) is 0 Å². The Bertz CT molecular complexity index is 8.00. The molecule has 4 heavy (non-hydrogen) atoms. The molecule has 26 valence electrons. The van der Waals surface area contributed by atoms with E-state index in [2.05, 4.69) is 0 Å². The van der Waals surface area contributed by atoms with Gasteiger partial charge in [-0.25, -0.2) is 0 Å². The van der Waals surface area contributed by atoms with Gasteiger partial charge < -0.3 is 0 Å². The molecule has 4 heteroatoms. The molecule has 0 fully saturated rings. The van der Waals surface area contributed by atoms with Gasteiger partial charge in [-0.3, -0.25) is 0 Å². The van der Waals surface area contributed by atoms with E-state index in [-0.39, 0.29) is 73.5 Å². The summed E-state index contributed by atoms with van der Waals surface area (Å²) < 4.78 is 0. The molecule has 0 aliphatic rings. The Morgan fingerprint density at radius 1 is 1.00 bits per heavy atom. The Morgan fingerprint density at radius 3 is 1.00 bits per heavy atom. The summed E-state index contributed by atoms with van der Waals surface area (Å²) in [6.45, 7) is 0. The van der Waals surface area contributed by atoms with Gasteiger partial charge in [0.2, 0.25) is 0 Å². The van der Waals surface area contributed by atoms with Crippen molar-refractivity contribution in [2.75, 3.05) is 0 Å². The molecule has 0 aromatic carbocycles. The van der Waals surface area contributed by atoms with E-state index in [1.807, 2.05) is 0 Å². The summed E-state index contributed by atoms with van der Waals surface area (Å²) >= 11 is 0. The summed E-state index contributed by atoms with van der Waals surface area (Å²) in [7, 11) is 0. The molecule has 0 aromatic heterocycles. The Labute approximate surface area is 72.7 Å². The quantitative estimate of drug-likeness (QED) is 0.546. The molecule has 0 nitrogen and oxygen atoms in total. The molecule has 0 bridgehead atoms. The maximum absolute atomic E-state index is 0. The summed E-state index contributed by atoms with van der Waals surface area (Å²) in [5, 5.41) is 0. The molecule has 0 aliphatic carbocycles. The molecule has 0 amide bonds. The van der Waals surface area contributed by atoms with Crippen molar-refractivity contribution in [3.8, 4) is 0 Å². The van der Waals surface area contributed by atoms with Gasteiger partial charge in [-0.2, -0.15) is 0 Å². The third-order valence-corrected chi connectivity index (χ3v) is 0. The number of hydrogen-bond donors (Lipinski definition) is 0. The maximum Gasteiger partial charge on any atom is 0 e. The van der Waals surface area contributed by atoms with Crippen LogP contribution in [0.25, 0.3) is 0 Å². The second-order valence-electron chi connectivity index (χ2n) is 0. The zero-order valence-electron chi connectivity index (χ0n) is 1.70. The minimum Gasteiger partial charge on any atom is 0 e. The number of hydrogen-bond acceptors (Lipinski definition) is 0. The zero-order valence-corrected chi connectivity index (χ0v) is 8.46. The van der Waals surface area contributed by atoms with Crippen molar-refractivity contribution in [1.29, 1.82) is 0 Å². The molecular formula is CuInSSe. The molecular weight excluding hydrogens is 289 g/mol. The predicted octanol–water partition coefficient (Wildman–Crippen LogP) is -0.116. The van der Waals surface area contributed by atoms with Crippen LogP contribution >= 0.6 is 13.5 Å². The standard InChI is InChI=1S/Cu.In.S.Se. The fourth-order valence-corrected chi connectivity index (χ4v) is 0. The third kappa shape index (κ3) is 8.86. The first kappa shape index (κ1) is 33.9. The largest absolute Gasteiger partial charge is 0 e. The first-order chi connectivity index (χ1) is 0. The maximum atomic E-state index is 0. The van der Waals surface area contributed by atoms with Crippen molar-refractivity contribution in [3.05, 3.63) is 0 Å². The molecule has 0 saturated carbocycles. The predicted molar refractivity (Wildman–Crippen MR) is 19.1 cm³/mol. The summed E-state index contributed by atoms with van der Waals surface area (Å²) in [6, 6.07) is 0. The van der Waals surface area contributed by atoms with E-state index in [0.29, 0.717) is 0 Å². The summed E-state index contributed by atoms with van der Waals surface area (Å²) in [4.78, 5) is 0. The van der Waals surface area contributed by atoms with Gasteiger partial charge >= 0.3 is 0 Å². The van der Waals surface area contributed by atoms with E-state index >= 15 is 0 Å². The zero-order chi connectivity index (χ0) is 0. The molecule has 0 N–H and O–H groups in total. The van der Waals surface area contributed by atoms with Gasteiger partial charge in [-0.15, -0.1) is 0 Å². The summed E-state index contributed by atoms with van der Waals surface area (Å²) in [6.07, 6.45) is 0. The van der Waals surface area contributed by atoms with Gasteiger partial charge in [0.1, 0.15) is 0 Å². The fourth-order valence-electron chi connectivity index (χ4n) is 0. The normalized spacial score (nSPS) is 0. The molecule has 8 radical (unpaired) electrons. The second-order valence-corrected chi connectivity index (χ2v) is 0. The van der Waals surface area contributed by atoms with Crippen LogP contribution in [0, 0.1) is 0 Å². The molecule has 0 spiro atoms. The van der Waals surface area contributed by atoms with E-state index in [0.717, 1.165) is 0 Å². The molecule has 0 heterocycles. The van der Waals surface area contributed by atoms with E-state index in [4.69, 9.17) is 0 Å². The van der Waals surface area contributed by atoms with Gasteiger partial charge in [0.05, 0.1) is 0 Å². The van der Waals surface area contributed by atoms with Gasteiger partial charge in [0.25, 0.3) is 0 Å². The second kappa shape index (κ2) is 18.7. The minimum atomic E-state index is 0. The Kier molecular flexibility index (Phi) is 159. The molecule has 0 rings (SSSR count). The third-order valence-electron chi connectivity index (χ3n) is 0. The molecule has 0 saturated heterocycles. The van der Waals surface area contributed by atoms with Crippen molar-refractivity contribution >= 4 is 56.4 Å². The van der Waals surface area contributed by atoms with Crippen LogP contribution in [0.4, 0.5) is 0 Å². The van der Waals surface area contributed by atoms with Crippen LogP contribution in [-0.2, 0) is 17.1 Å². The summed E-state index contributed by atoms with van der Waals surface area (Å²) in [5.41, 5.74) is 0. The minimum absolute atomic E-state index is 0. The van der Waals surface area contributed by atoms with E-state index in [9.17, 15) is 0 Å². The molecule has 0 atom stereocenters. The topological polar surface area (TPSA) is 0 Å². The van der Waals surface area contributed by atoms with Crippen molar-refractivity contribution in [2.24, 2.45) is 0 Å². The van der Waals surface area contributed by atoms with Crippen LogP contribution in [-0.4, -0.2) is 42.9 Å². The first-order valence-electron chi connectivity index (χ1n) is 0. The average molecular weight is 289 g/mol. The van der Waals surface area contributed by atoms with E-state index in [1.54, 1.807) is 0 Å². The molecule has 0 unspecified atom stereocenters. The van der Waals surface area contributed by atoms with Crippen molar-refractivity contribution in [3.63, 3.8) is 0 Å². The Hall–Kier alpha value is 2.26. The van der Waals surface area contributed by atoms with Gasteiger partial charge in [-0.05, 0) is 0 Å². The summed E-state index contributed by atoms with van der Waals surface area (Å²) in [5.74, 6) is 0. The number of rotatable bonds is 0. The Morgan fingerprint density at radius 2 is 1.00 bits per heavy atom. The van der Waals surface area contributed by atoms with Crippen LogP contribution in [0.3, 0.4) is 0 Å². The molecule has 0 aliphatic heterocycles.